The lowest BCUT2D eigenvalue weighted by atomic mass is 10.1. The first-order chi connectivity index (χ1) is 14.0. The summed E-state index contributed by atoms with van der Waals surface area (Å²) in [5.74, 6) is 0. The van der Waals surface area contributed by atoms with Crippen molar-refractivity contribution in [3.8, 4) is 0 Å². The first kappa shape index (κ1) is 20.4. The predicted octanol–water partition coefficient (Wildman–Crippen LogP) is 3.73. The monoisotopic (exact) mass is 426 g/mol. The first-order valence-electron chi connectivity index (χ1n) is 9.97. The number of rotatable bonds is 7. The van der Waals surface area contributed by atoms with Gasteiger partial charge in [0.2, 0.25) is 10.0 Å². The molecule has 0 spiro atoms. The minimum Gasteiger partial charge on any atom is -0.315 e. The highest BCUT2D eigenvalue weighted by molar-refractivity contribution is 7.89. The number of thiol groups is 1. The summed E-state index contributed by atoms with van der Waals surface area (Å²) >= 11 is 4.58. The molecule has 1 N–H and O–H groups in total. The lowest BCUT2D eigenvalue weighted by molar-refractivity contribution is 0.373. The van der Waals surface area contributed by atoms with Crippen molar-refractivity contribution >= 4 is 33.4 Å². The third-order valence-electron chi connectivity index (χ3n) is 5.48. The molecule has 3 aromatic carbocycles. The zero-order valence-corrected chi connectivity index (χ0v) is 17.9. The molecule has 6 heteroatoms. The standard InChI is InChI=1S/C23H26N2O2S2/c26-29(27,23-11-10-19-8-4-5-9-20(19)14-23)25-17-22(28)15-21(25)16-24-13-12-18-6-2-1-3-7-18/h1-11,14,21-22,24,28H,12-13,15-17H2/t21-,22+/m0/s1. The van der Waals surface area contributed by atoms with E-state index in [0.29, 0.717) is 18.0 Å². The summed E-state index contributed by atoms with van der Waals surface area (Å²) in [4.78, 5) is 0.355. The highest BCUT2D eigenvalue weighted by atomic mass is 32.2. The number of hydrogen-bond donors (Lipinski definition) is 2. The van der Waals surface area contributed by atoms with E-state index in [1.165, 1.54) is 5.56 Å². The lowest BCUT2D eigenvalue weighted by Crippen LogP contribution is -2.42. The molecule has 2 atom stereocenters. The van der Waals surface area contributed by atoms with Crippen molar-refractivity contribution in [2.45, 2.75) is 29.0 Å². The van der Waals surface area contributed by atoms with Crippen molar-refractivity contribution in [1.29, 1.82) is 0 Å². The van der Waals surface area contributed by atoms with Gasteiger partial charge in [0.25, 0.3) is 0 Å². The number of nitrogens with one attached hydrogen (secondary N) is 1. The zero-order chi connectivity index (χ0) is 20.3. The van der Waals surface area contributed by atoms with Crippen molar-refractivity contribution in [2.24, 2.45) is 0 Å². The van der Waals surface area contributed by atoms with Crippen molar-refractivity contribution < 1.29 is 8.42 Å². The van der Waals surface area contributed by atoms with Crippen LogP contribution in [0.15, 0.2) is 77.7 Å². The second-order valence-electron chi connectivity index (χ2n) is 7.57. The van der Waals surface area contributed by atoms with Gasteiger partial charge in [0.1, 0.15) is 0 Å². The Bertz CT molecular complexity index is 1070. The summed E-state index contributed by atoms with van der Waals surface area (Å²) in [6.07, 6.45) is 1.68. The van der Waals surface area contributed by atoms with Crippen LogP contribution in [-0.2, 0) is 16.4 Å². The van der Waals surface area contributed by atoms with E-state index < -0.39 is 10.0 Å². The minimum absolute atomic E-state index is 0.0613. The van der Waals surface area contributed by atoms with E-state index in [-0.39, 0.29) is 11.3 Å². The molecule has 1 aliphatic rings. The quantitative estimate of drug-likeness (QED) is 0.447. The molecule has 0 bridgehead atoms. The Morgan fingerprint density at radius 2 is 1.69 bits per heavy atom. The maximum Gasteiger partial charge on any atom is 0.243 e. The summed E-state index contributed by atoms with van der Waals surface area (Å²) in [6.45, 7) is 1.90. The van der Waals surface area contributed by atoms with E-state index in [2.05, 4.69) is 30.1 Å². The maximum atomic E-state index is 13.4. The Hall–Kier alpha value is -1.86. The van der Waals surface area contributed by atoms with Crippen LogP contribution >= 0.6 is 12.6 Å². The molecule has 29 heavy (non-hydrogen) atoms. The van der Waals surface area contributed by atoms with Gasteiger partial charge in [0.05, 0.1) is 4.90 Å². The third kappa shape index (κ3) is 4.67. The van der Waals surface area contributed by atoms with Gasteiger partial charge in [-0.15, -0.1) is 0 Å². The molecule has 0 aromatic heterocycles. The summed E-state index contributed by atoms with van der Waals surface area (Å²) in [6, 6.07) is 23.4. The van der Waals surface area contributed by atoms with Crippen LogP contribution in [-0.4, -0.2) is 43.6 Å². The molecule has 4 rings (SSSR count). The number of hydrogen-bond acceptors (Lipinski definition) is 4. The molecule has 1 aliphatic heterocycles. The van der Waals surface area contributed by atoms with Crippen LogP contribution in [0.25, 0.3) is 10.8 Å². The van der Waals surface area contributed by atoms with E-state index in [0.717, 1.165) is 30.2 Å². The van der Waals surface area contributed by atoms with E-state index >= 15 is 0 Å². The molecule has 1 fully saturated rings. The Labute approximate surface area is 178 Å². The molecular weight excluding hydrogens is 400 g/mol. The average molecular weight is 427 g/mol. The van der Waals surface area contributed by atoms with Crippen LogP contribution in [0.4, 0.5) is 0 Å². The van der Waals surface area contributed by atoms with Crippen molar-refractivity contribution in [3.63, 3.8) is 0 Å². The Morgan fingerprint density at radius 1 is 0.966 bits per heavy atom. The van der Waals surface area contributed by atoms with E-state index in [9.17, 15) is 8.42 Å². The number of benzene rings is 3. The van der Waals surface area contributed by atoms with Crippen LogP contribution in [0.1, 0.15) is 12.0 Å². The van der Waals surface area contributed by atoms with Gasteiger partial charge in [-0.05, 0) is 47.9 Å². The number of nitrogens with zero attached hydrogens (tertiary/aromatic N) is 1. The Morgan fingerprint density at radius 3 is 2.48 bits per heavy atom. The molecule has 1 saturated heterocycles. The fourth-order valence-electron chi connectivity index (χ4n) is 3.95. The van der Waals surface area contributed by atoms with Crippen LogP contribution < -0.4 is 5.32 Å². The van der Waals surface area contributed by atoms with E-state index in [1.807, 2.05) is 48.5 Å². The van der Waals surface area contributed by atoms with Gasteiger partial charge in [0, 0.05) is 24.4 Å². The van der Waals surface area contributed by atoms with Crippen molar-refractivity contribution in [1.82, 2.24) is 9.62 Å². The molecule has 0 radical (unpaired) electrons. The predicted molar refractivity (Wildman–Crippen MR) is 122 cm³/mol. The largest absolute Gasteiger partial charge is 0.315 e. The summed E-state index contributed by atoms with van der Waals surface area (Å²) in [7, 11) is -3.56. The highest BCUT2D eigenvalue weighted by Crippen LogP contribution is 2.30. The molecule has 4 nitrogen and oxygen atoms in total. The Balaban J connectivity index is 1.45. The second-order valence-corrected chi connectivity index (χ2v) is 10.2. The normalized spacial score (nSPS) is 20.3. The van der Waals surface area contributed by atoms with Crippen molar-refractivity contribution in [2.75, 3.05) is 19.6 Å². The third-order valence-corrected chi connectivity index (χ3v) is 7.77. The molecule has 0 amide bonds. The molecule has 1 heterocycles. The fraction of sp³-hybridized carbons (Fsp3) is 0.304. The number of fused-ring (bicyclic) bond motifs is 1. The van der Waals surface area contributed by atoms with Crippen LogP contribution in [0.2, 0.25) is 0 Å². The smallest absolute Gasteiger partial charge is 0.243 e. The number of sulfonamides is 1. The van der Waals surface area contributed by atoms with Gasteiger partial charge in [-0.2, -0.15) is 16.9 Å². The molecule has 3 aromatic rings. The topological polar surface area (TPSA) is 49.4 Å². The maximum absolute atomic E-state index is 13.4. The van der Waals surface area contributed by atoms with Gasteiger partial charge < -0.3 is 5.32 Å². The van der Waals surface area contributed by atoms with E-state index in [1.54, 1.807) is 16.4 Å². The highest BCUT2D eigenvalue weighted by Gasteiger charge is 2.38. The summed E-state index contributed by atoms with van der Waals surface area (Å²) in [5.41, 5.74) is 1.28. The van der Waals surface area contributed by atoms with Crippen LogP contribution in [0.5, 0.6) is 0 Å². The average Bonchev–Trinajstić information content (AvgIpc) is 3.13. The minimum atomic E-state index is -3.56. The van der Waals surface area contributed by atoms with Gasteiger partial charge >= 0.3 is 0 Å². The SMILES string of the molecule is O=S(=O)(c1ccc2ccccc2c1)N1C[C@H](S)C[C@H]1CNCCc1ccccc1. The van der Waals surface area contributed by atoms with Crippen molar-refractivity contribution in [3.05, 3.63) is 78.4 Å². The van der Waals surface area contributed by atoms with Gasteiger partial charge in [-0.3, -0.25) is 0 Å². The molecule has 0 saturated carbocycles. The molecular formula is C23H26N2O2S2. The van der Waals surface area contributed by atoms with Gasteiger partial charge in [-0.1, -0.05) is 60.7 Å². The summed E-state index contributed by atoms with van der Waals surface area (Å²) in [5, 5.41) is 5.48. The van der Waals surface area contributed by atoms with E-state index in [4.69, 9.17) is 0 Å². The molecule has 0 unspecified atom stereocenters. The summed E-state index contributed by atoms with van der Waals surface area (Å²) < 4.78 is 28.3. The first-order valence-corrected chi connectivity index (χ1v) is 11.9. The molecule has 0 aliphatic carbocycles. The Kier molecular flexibility index (Phi) is 6.25. The zero-order valence-electron chi connectivity index (χ0n) is 16.2. The molecule has 152 valence electrons. The second kappa shape index (κ2) is 8.88. The fourth-order valence-corrected chi connectivity index (χ4v) is 6.20. The van der Waals surface area contributed by atoms with Gasteiger partial charge in [-0.25, -0.2) is 8.42 Å². The lowest BCUT2D eigenvalue weighted by Gasteiger charge is -2.24. The van der Waals surface area contributed by atoms with Gasteiger partial charge in [0.15, 0.2) is 0 Å². The van der Waals surface area contributed by atoms with Crippen LogP contribution in [0, 0.1) is 0 Å². The van der Waals surface area contributed by atoms with Crippen LogP contribution in [0.3, 0.4) is 0 Å².